The molecule has 1 aromatic carbocycles. The van der Waals surface area contributed by atoms with Gasteiger partial charge in [0.05, 0.1) is 0 Å². The van der Waals surface area contributed by atoms with Gasteiger partial charge in [-0.3, -0.25) is 0 Å². The third-order valence-corrected chi connectivity index (χ3v) is 2.67. The normalized spacial score (nSPS) is 12.1. The molecule has 0 bridgehead atoms. The van der Waals surface area contributed by atoms with Crippen LogP contribution in [0.25, 0.3) is 0 Å². The molecule has 0 atom stereocenters. The van der Waals surface area contributed by atoms with E-state index in [0.29, 0.717) is 5.75 Å². The predicted molar refractivity (Wildman–Crippen MR) is 71.3 cm³/mol. The molecule has 0 amide bonds. The van der Waals surface area contributed by atoms with Gasteiger partial charge in [0.15, 0.2) is 0 Å². The van der Waals surface area contributed by atoms with Crippen molar-refractivity contribution >= 4 is 51.4 Å². The van der Waals surface area contributed by atoms with Crippen LogP contribution in [0.1, 0.15) is 52.7 Å². The van der Waals surface area contributed by atoms with Gasteiger partial charge in [-0.15, -0.1) is 0 Å². The molecule has 16 heavy (non-hydrogen) atoms. The predicted octanol–water partition coefficient (Wildman–Crippen LogP) is 3.61. The minimum atomic E-state index is -0.00859. The summed E-state index contributed by atoms with van der Waals surface area (Å²) in [6, 6.07) is 5.93. The molecule has 0 spiro atoms. The zero-order chi connectivity index (χ0) is 11.9. The van der Waals surface area contributed by atoms with E-state index in [-0.39, 0.29) is 62.2 Å². The van der Waals surface area contributed by atoms with Crippen molar-refractivity contribution in [2.75, 3.05) is 0 Å². The summed E-state index contributed by atoms with van der Waals surface area (Å²) in [7, 11) is 0. The molecular weight excluding hydrogens is 223 g/mol. The Bertz CT molecular complexity index is 356. The quantitative estimate of drug-likeness (QED) is 0.692. The van der Waals surface area contributed by atoms with Crippen molar-refractivity contribution < 1.29 is 5.11 Å². The largest absolute Gasteiger partial charge is 0.508 e. The summed E-state index contributed by atoms with van der Waals surface area (Å²) in [5, 5.41) is 9.84. The molecule has 0 aliphatic heterocycles. The van der Waals surface area contributed by atoms with Crippen LogP contribution >= 0.6 is 0 Å². The molecular formula is C14H22KO. The molecule has 0 fully saturated rings. The monoisotopic (exact) mass is 245 g/mol. The Morgan fingerprint density at radius 1 is 0.875 bits per heavy atom. The van der Waals surface area contributed by atoms with E-state index in [4.69, 9.17) is 0 Å². The van der Waals surface area contributed by atoms with Gasteiger partial charge < -0.3 is 5.11 Å². The number of rotatable bonds is 0. The number of hydrogen-bond donors (Lipinski definition) is 1. The fourth-order valence-corrected chi connectivity index (χ4v) is 1.60. The van der Waals surface area contributed by atoms with Gasteiger partial charge in [-0.25, -0.2) is 0 Å². The third kappa shape index (κ3) is 4.15. The van der Waals surface area contributed by atoms with Crippen molar-refractivity contribution in [2.24, 2.45) is 0 Å². The van der Waals surface area contributed by atoms with Crippen LogP contribution in [0.2, 0.25) is 0 Å². The molecule has 2 heteroatoms. The van der Waals surface area contributed by atoms with Crippen LogP contribution in [0.3, 0.4) is 0 Å². The van der Waals surface area contributed by atoms with Crippen molar-refractivity contribution in [3.8, 4) is 5.75 Å². The number of aromatic hydroxyl groups is 1. The summed E-state index contributed by atoms with van der Waals surface area (Å²) in [4.78, 5) is 0. The molecule has 0 aliphatic carbocycles. The maximum Gasteiger partial charge on any atom is 0.119 e. The summed E-state index contributed by atoms with van der Waals surface area (Å²) < 4.78 is 0. The van der Waals surface area contributed by atoms with Gasteiger partial charge in [-0.1, -0.05) is 53.7 Å². The Morgan fingerprint density at radius 3 is 1.75 bits per heavy atom. The van der Waals surface area contributed by atoms with Gasteiger partial charge in [0, 0.05) is 51.4 Å². The molecule has 0 saturated heterocycles. The van der Waals surface area contributed by atoms with Crippen LogP contribution in [0.15, 0.2) is 18.2 Å². The Kier molecular flexibility index (Phi) is 5.76. The smallest absolute Gasteiger partial charge is 0.119 e. The SMILES string of the molecule is CC(C)(C)c1ccc(O)c(C(C)(C)C)c1.[K]. The average molecular weight is 245 g/mol. The Hall–Kier alpha value is 0.656. The van der Waals surface area contributed by atoms with Crippen LogP contribution in [0.5, 0.6) is 5.75 Å². The topological polar surface area (TPSA) is 20.2 Å². The molecule has 0 aliphatic rings. The molecule has 1 radical (unpaired) electrons. The standard InChI is InChI=1S/C14H22O.K/c1-13(2,3)10-7-8-12(15)11(9-10)14(4,5)6;/h7-9,15H,1-6H3;. The second-order valence-electron chi connectivity index (χ2n) is 6.23. The van der Waals surface area contributed by atoms with Gasteiger partial charge in [0.1, 0.15) is 5.75 Å². The fourth-order valence-electron chi connectivity index (χ4n) is 1.60. The first-order chi connectivity index (χ1) is 6.62. The first-order valence-electron chi connectivity index (χ1n) is 5.46. The molecule has 0 heterocycles. The maximum absolute atomic E-state index is 9.84. The second kappa shape index (κ2) is 5.53. The van der Waals surface area contributed by atoms with Crippen molar-refractivity contribution in [3.05, 3.63) is 29.3 Å². The van der Waals surface area contributed by atoms with Crippen LogP contribution in [0.4, 0.5) is 0 Å². The Labute approximate surface area is 142 Å². The number of phenols is 1. The summed E-state index contributed by atoms with van der Waals surface area (Å²) in [6.45, 7) is 12.9. The van der Waals surface area contributed by atoms with Crippen molar-refractivity contribution in [1.82, 2.24) is 0 Å². The van der Waals surface area contributed by atoms with Crippen molar-refractivity contribution in [3.63, 3.8) is 0 Å². The van der Waals surface area contributed by atoms with Crippen molar-refractivity contribution in [1.29, 1.82) is 0 Å². The summed E-state index contributed by atoms with van der Waals surface area (Å²) in [5.74, 6) is 0.399. The minimum Gasteiger partial charge on any atom is -0.508 e. The van der Waals surface area contributed by atoms with Crippen LogP contribution < -0.4 is 0 Å². The maximum atomic E-state index is 9.84. The average Bonchev–Trinajstić information content (AvgIpc) is 2.00. The molecule has 1 rings (SSSR count). The van der Waals surface area contributed by atoms with Gasteiger partial charge >= 0.3 is 0 Å². The molecule has 0 unspecified atom stereocenters. The summed E-state index contributed by atoms with van der Waals surface area (Å²) >= 11 is 0. The van der Waals surface area contributed by atoms with Crippen LogP contribution in [-0.4, -0.2) is 56.5 Å². The van der Waals surface area contributed by atoms with Crippen LogP contribution in [0, 0.1) is 0 Å². The van der Waals surface area contributed by atoms with Gasteiger partial charge in [-0.05, 0) is 28.0 Å². The van der Waals surface area contributed by atoms with E-state index in [1.54, 1.807) is 6.07 Å². The molecule has 0 aromatic heterocycles. The third-order valence-electron chi connectivity index (χ3n) is 2.67. The van der Waals surface area contributed by atoms with Crippen LogP contribution in [-0.2, 0) is 10.8 Å². The number of phenolic OH excluding ortho intramolecular Hbond substituents is 1. The Morgan fingerprint density at radius 2 is 1.38 bits per heavy atom. The number of benzene rings is 1. The van der Waals surface area contributed by atoms with Gasteiger partial charge in [0.2, 0.25) is 0 Å². The second-order valence-corrected chi connectivity index (χ2v) is 6.23. The Balaban J connectivity index is 0.00000225. The molecule has 1 nitrogen and oxygen atoms in total. The minimum absolute atomic E-state index is 0. The molecule has 85 valence electrons. The molecule has 1 N–H and O–H groups in total. The van der Waals surface area contributed by atoms with E-state index in [2.05, 4.69) is 47.6 Å². The van der Waals surface area contributed by atoms with E-state index in [0.717, 1.165) is 5.56 Å². The van der Waals surface area contributed by atoms with E-state index in [1.807, 2.05) is 6.07 Å². The fraction of sp³-hybridized carbons (Fsp3) is 0.571. The summed E-state index contributed by atoms with van der Waals surface area (Å²) in [6.07, 6.45) is 0. The summed E-state index contributed by atoms with van der Waals surface area (Å²) in [5.41, 5.74) is 2.42. The van der Waals surface area contributed by atoms with E-state index >= 15 is 0 Å². The van der Waals surface area contributed by atoms with Crippen molar-refractivity contribution in [2.45, 2.75) is 52.4 Å². The zero-order valence-electron chi connectivity index (χ0n) is 11.7. The first-order valence-corrected chi connectivity index (χ1v) is 5.46. The van der Waals surface area contributed by atoms with Gasteiger partial charge in [-0.2, -0.15) is 0 Å². The van der Waals surface area contributed by atoms with E-state index in [1.165, 1.54) is 5.56 Å². The van der Waals surface area contributed by atoms with E-state index < -0.39 is 0 Å². The van der Waals surface area contributed by atoms with E-state index in [9.17, 15) is 5.11 Å². The van der Waals surface area contributed by atoms with Gasteiger partial charge in [0.25, 0.3) is 0 Å². The number of hydrogen-bond acceptors (Lipinski definition) is 1. The zero-order valence-corrected chi connectivity index (χ0v) is 14.8. The molecule has 1 aromatic rings. The first kappa shape index (κ1) is 16.7. The molecule has 0 saturated carbocycles.